The number of benzene rings is 1. The number of fused-ring (bicyclic) bond motifs is 1. The van der Waals surface area contributed by atoms with E-state index in [1.165, 1.54) is 16.7 Å². The van der Waals surface area contributed by atoms with Crippen molar-refractivity contribution in [3.05, 3.63) is 82.2 Å². The van der Waals surface area contributed by atoms with Gasteiger partial charge in [-0.15, -0.1) is 10.2 Å². The highest BCUT2D eigenvalue weighted by molar-refractivity contribution is 6.07. The van der Waals surface area contributed by atoms with Crippen LogP contribution < -0.4 is 20.7 Å². The number of rotatable bonds is 6. The second-order valence-corrected chi connectivity index (χ2v) is 12.3. The summed E-state index contributed by atoms with van der Waals surface area (Å²) in [4.78, 5) is 35.1. The summed E-state index contributed by atoms with van der Waals surface area (Å²) in [7, 11) is 3.70. The molecule has 2 saturated heterocycles. The second kappa shape index (κ2) is 13.4. The largest absolute Gasteiger partial charge is 0.392 e. The van der Waals surface area contributed by atoms with E-state index in [4.69, 9.17) is 0 Å². The fourth-order valence-electron chi connectivity index (χ4n) is 6.40. The molecule has 0 atom stereocenters. The number of allylic oxidation sites excluding steroid dienone is 2. The number of pyridine rings is 1. The Bertz CT molecular complexity index is 1710. The molecule has 12 heteroatoms. The van der Waals surface area contributed by atoms with Crippen molar-refractivity contribution in [2.45, 2.75) is 32.3 Å². The molecule has 1 amide bonds. The zero-order valence-corrected chi connectivity index (χ0v) is 26.5. The van der Waals surface area contributed by atoms with Crippen LogP contribution in [-0.4, -0.2) is 88.4 Å². The molecule has 0 radical (unpaired) electrons. The molecule has 2 fully saturated rings. The van der Waals surface area contributed by atoms with Crippen LogP contribution in [0, 0.1) is 5.82 Å². The average molecular weight is 629 g/mol. The molecule has 2 aromatic heterocycles. The minimum atomic E-state index is -0.556. The molecular weight excluding hydrogens is 587 g/mol. The lowest BCUT2D eigenvalue weighted by Crippen LogP contribution is -2.49. The van der Waals surface area contributed by atoms with Gasteiger partial charge >= 0.3 is 0 Å². The van der Waals surface area contributed by atoms with Gasteiger partial charge in [-0.1, -0.05) is 18.6 Å². The average Bonchev–Trinajstić information content (AvgIpc) is 3.14. The lowest BCUT2D eigenvalue weighted by Gasteiger charge is -2.38. The Balaban J connectivity index is 1.31. The number of carbonyl (C=O) groups excluding carboxylic acids is 1. The van der Waals surface area contributed by atoms with E-state index in [-0.39, 0.29) is 17.2 Å². The smallest absolute Gasteiger partial charge is 0.274 e. The normalized spacial score (nSPS) is 19.2. The summed E-state index contributed by atoms with van der Waals surface area (Å²) in [6.07, 6.45) is 7.36. The van der Waals surface area contributed by atoms with Crippen LogP contribution >= 0.6 is 0 Å². The molecule has 0 bridgehead atoms. The van der Waals surface area contributed by atoms with Gasteiger partial charge in [-0.3, -0.25) is 9.59 Å². The van der Waals surface area contributed by atoms with E-state index in [1.54, 1.807) is 30.3 Å². The maximum atomic E-state index is 15.4. The van der Waals surface area contributed by atoms with E-state index >= 15 is 4.39 Å². The first kappa shape index (κ1) is 31.4. The van der Waals surface area contributed by atoms with Crippen molar-refractivity contribution in [2.75, 3.05) is 68.0 Å². The minimum absolute atomic E-state index is 0.218. The Morgan fingerprint density at radius 2 is 1.72 bits per heavy atom. The number of halogens is 1. The van der Waals surface area contributed by atoms with Gasteiger partial charge in [-0.2, -0.15) is 0 Å². The summed E-state index contributed by atoms with van der Waals surface area (Å²) >= 11 is 0. The monoisotopic (exact) mass is 628 g/mol. The quantitative estimate of drug-likeness (QED) is 0.423. The molecule has 3 aliphatic rings. The lowest BCUT2D eigenvalue weighted by atomic mass is 9.97. The van der Waals surface area contributed by atoms with Crippen LogP contribution in [0.1, 0.15) is 31.2 Å². The molecule has 1 aromatic carbocycles. The Hall–Kier alpha value is -4.55. The number of aliphatic hydroxyl groups excluding tert-OH is 1. The molecule has 3 aromatic rings. The number of likely N-dealkylation sites (N-methyl/N-ethyl adjacent to an activating group) is 1. The number of hydrogen-bond acceptors (Lipinski definition) is 9. The number of nitrogens with zero attached hydrogens (tertiary/aromatic N) is 7. The van der Waals surface area contributed by atoms with Crippen LogP contribution in [-0.2, 0) is 18.4 Å². The van der Waals surface area contributed by atoms with Gasteiger partial charge in [0.2, 0.25) is 0 Å². The Kier molecular flexibility index (Phi) is 9.18. The van der Waals surface area contributed by atoms with Gasteiger partial charge in [-0.25, -0.2) is 4.39 Å². The Morgan fingerprint density at radius 3 is 2.46 bits per heavy atom. The maximum absolute atomic E-state index is 15.4. The van der Waals surface area contributed by atoms with Crippen LogP contribution in [0.4, 0.5) is 27.4 Å². The molecule has 0 saturated carbocycles. The molecule has 6 rings (SSSR count). The van der Waals surface area contributed by atoms with Crippen LogP contribution in [0.3, 0.4) is 0 Å². The number of nitrogens with one attached hydrogen (secondary N) is 1. The van der Waals surface area contributed by atoms with Crippen molar-refractivity contribution < 1.29 is 14.3 Å². The minimum Gasteiger partial charge on any atom is -0.392 e. The third-order valence-electron chi connectivity index (χ3n) is 9.04. The number of carbonyl (C=O) groups is 1. The molecule has 46 heavy (non-hydrogen) atoms. The first-order chi connectivity index (χ1) is 22.2. The summed E-state index contributed by atoms with van der Waals surface area (Å²) < 4.78 is 16.7. The zero-order valence-electron chi connectivity index (χ0n) is 26.5. The lowest BCUT2D eigenvalue weighted by molar-refractivity contribution is -0.117. The first-order valence-electron chi connectivity index (χ1n) is 15.9. The van der Waals surface area contributed by atoms with Crippen LogP contribution in [0.15, 0.2) is 65.2 Å². The Labute approximate surface area is 268 Å². The molecular formula is C34H41FN8O3. The number of hydrogen-bond donors (Lipinski definition) is 2. The number of aliphatic hydroxyl groups is 1. The Morgan fingerprint density at radius 1 is 0.935 bits per heavy atom. The summed E-state index contributed by atoms with van der Waals surface area (Å²) in [5.41, 5.74) is 2.93. The fourth-order valence-corrected chi connectivity index (χ4v) is 6.40. The van der Waals surface area contributed by atoms with Crippen LogP contribution in [0.5, 0.6) is 0 Å². The molecule has 0 spiro atoms. The second-order valence-electron chi connectivity index (χ2n) is 12.3. The predicted molar refractivity (Wildman–Crippen MR) is 178 cm³/mol. The standard InChI is InChI=1S/C34H41FN8O3/c1-23-7-5-4-6-10-41-15-16-43(34(46)30(41)17-23)29-20-25(35)19-26(27(29)22-44)24-18-28(33(45)40(3)21-24)36-31-8-9-32(38-37-31)42-13-11-39(2)12-14-42/h8-9,17-21,44H,1,4-7,10-16,22H2,2-3H3,(H,36,37)/b30-17-. The SMILES string of the molecule is C=C1/C=C2/C(=O)N(c3cc(F)cc(-c4cc(Nc5ccc(N6CCN(C)CC6)nn5)c(=O)n(C)c4)c3CO)CCN2CCCCC1. The van der Waals surface area contributed by atoms with E-state index < -0.39 is 12.4 Å². The van der Waals surface area contributed by atoms with Gasteiger partial charge in [-0.05, 0) is 68.3 Å². The van der Waals surface area contributed by atoms with Crippen molar-refractivity contribution in [3.8, 4) is 11.1 Å². The molecule has 2 N–H and O–H groups in total. The van der Waals surface area contributed by atoms with E-state index in [0.29, 0.717) is 47.0 Å². The van der Waals surface area contributed by atoms with Crippen molar-refractivity contribution in [3.63, 3.8) is 0 Å². The molecule has 242 valence electrons. The van der Waals surface area contributed by atoms with Gasteiger partial charge in [0.15, 0.2) is 11.6 Å². The third kappa shape index (κ3) is 6.54. The maximum Gasteiger partial charge on any atom is 0.274 e. The highest BCUT2D eigenvalue weighted by atomic mass is 19.1. The highest BCUT2D eigenvalue weighted by Crippen LogP contribution is 2.36. The van der Waals surface area contributed by atoms with E-state index in [9.17, 15) is 14.7 Å². The summed E-state index contributed by atoms with van der Waals surface area (Å²) in [5, 5.41) is 22.4. The summed E-state index contributed by atoms with van der Waals surface area (Å²) in [5.74, 6) is 0.356. The van der Waals surface area contributed by atoms with Crippen molar-refractivity contribution in [2.24, 2.45) is 7.05 Å². The van der Waals surface area contributed by atoms with Gasteiger partial charge in [0, 0.05) is 70.2 Å². The first-order valence-corrected chi connectivity index (χ1v) is 15.9. The van der Waals surface area contributed by atoms with Crippen LogP contribution in [0.25, 0.3) is 11.1 Å². The summed E-state index contributed by atoms with van der Waals surface area (Å²) in [6, 6.07) is 7.88. The van der Waals surface area contributed by atoms with Crippen LogP contribution in [0.2, 0.25) is 0 Å². The zero-order chi connectivity index (χ0) is 32.4. The van der Waals surface area contributed by atoms with E-state index in [0.717, 1.165) is 69.8 Å². The fraction of sp³-hybridized carbons (Fsp3) is 0.412. The molecule has 0 unspecified atom stereocenters. The topological polar surface area (TPSA) is 110 Å². The number of aromatic nitrogens is 3. The van der Waals surface area contributed by atoms with Crippen molar-refractivity contribution in [1.29, 1.82) is 0 Å². The summed E-state index contributed by atoms with van der Waals surface area (Å²) in [6.45, 7) is 9.03. The number of aryl methyl sites for hydroxylation is 1. The van der Waals surface area contributed by atoms with Crippen molar-refractivity contribution >= 4 is 28.9 Å². The van der Waals surface area contributed by atoms with Gasteiger partial charge in [0.25, 0.3) is 11.5 Å². The number of anilines is 4. The molecule has 5 heterocycles. The van der Waals surface area contributed by atoms with Gasteiger partial charge < -0.3 is 34.6 Å². The molecule has 3 aliphatic heterocycles. The molecule has 0 aliphatic carbocycles. The van der Waals surface area contributed by atoms with Gasteiger partial charge in [0.05, 0.1) is 12.3 Å². The number of amides is 1. The third-order valence-corrected chi connectivity index (χ3v) is 9.04. The van der Waals surface area contributed by atoms with E-state index in [1.807, 2.05) is 12.1 Å². The number of piperazine rings is 2. The van der Waals surface area contributed by atoms with E-state index in [2.05, 4.69) is 43.8 Å². The molecule has 11 nitrogen and oxygen atoms in total. The van der Waals surface area contributed by atoms with Crippen molar-refractivity contribution in [1.82, 2.24) is 24.6 Å². The highest BCUT2D eigenvalue weighted by Gasteiger charge is 2.32. The van der Waals surface area contributed by atoms with Gasteiger partial charge in [0.1, 0.15) is 17.2 Å². The predicted octanol–water partition coefficient (Wildman–Crippen LogP) is 3.63.